The van der Waals surface area contributed by atoms with E-state index in [9.17, 15) is 0 Å². The Bertz CT molecular complexity index is 776. The van der Waals surface area contributed by atoms with Gasteiger partial charge in [0.1, 0.15) is 0 Å². The van der Waals surface area contributed by atoms with Crippen LogP contribution in [-0.4, -0.2) is 54.6 Å². The number of aromatic nitrogens is 2. The number of likely N-dealkylation sites (tertiary alicyclic amines) is 1. The van der Waals surface area contributed by atoms with Gasteiger partial charge in [-0.25, -0.2) is 4.98 Å². The summed E-state index contributed by atoms with van der Waals surface area (Å²) in [4.78, 5) is 13.4. The van der Waals surface area contributed by atoms with Gasteiger partial charge in [-0.1, -0.05) is 24.3 Å². The van der Waals surface area contributed by atoms with Gasteiger partial charge in [0.2, 0.25) is 5.95 Å². The maximum Gasteiger partial charge on any atom is 0.204 e. The van der Waals surface area contributed by atoms with Gasteiger partial charge in [0, 0.05) is 47.2 Å². The summed E-state index contributed by atoms with van der Waals surface area (Å²) in [5.41, 5.74) is 3.99. The lowest BCUT2D eigenvalue weighted by atomic mass is 9.94. The van der Waals surface area contributed by atoms with Crippen LogP contribution in [0.4, 0.5) is 5.95 Å². The van der Waals surface area contributed by atoms with Crippen LogP contribution in [0, 0.1) is 6.92 Å². The van der Waals surface area contributed by atoms with Crippen LogP contribution in [-0.2, 0) is 13.6 Å². The first kappa shape index (κ1) is 18.3. The molecule has 3 rings (SSSR count). The first-order valence-corrected chi connectivity index (χ1v) is 9.20. The lowest BCUT2D eigenvalue weighted by Gasteiger charge is -2.22. The number of hydrogen-bond donors (Lipinski definition) is 1. The number of rotatable bonds is 4. The molecular formula is C20H30N6. The molecule has 0 aliphatic carbocycles. The van der Waals surface area contributed by atoms with Crippen LogP contribution in [0.25, 0.3) is 0 Å². The zero-order valence-corrected chi connectivity index (χ0v) is 16.5. The minimum Gasteiger partial charge on any atom is -0.351 e. The van der Waals surface area contributed by atoms with E-state index in [0.717, 1.165) is 37.2 Å². The third kappa shape index (κ3) is 3.69. The van der Waals surface area contributed by atoms with Crippen molar-refractivity contribution in [2.75, 3.05) is 39.1 Å². The van der Waals surface area contributed by atoms with Gasteiger partial charge in [-0.2, -0.15) is 0 Å². The van der Waals surface area contributed by atoms with Gasteiger partial charge in [-0.15, -0.1) is 0 Å². The molecule has 2 aromatic rings. The molecule has 0 amide bonds. The standard InChI is InChI=1S/C20H30N6/c1-15-8-6-7-9-18(15)16-10-11-26(14-16)19(21-2)22-12-17-13-23-20(24(3)4)25(17)5/h6-9,13,16H,10-12,14H2,1-5H3,(H,21,22). The molecule has 1 atom stereocenters. The van der Waals surface area contributed by atoms with E-state index in [4.69, 9.17) is 0 Å². The summed E-state index contributed by atoms with van der Waals surface area (Å²) in [6.07, 6.45) is 3.10. The van der Waals surface area contributed by atoms with Crippen LogP contribution in [0.5, 0.6) is 0 Å². The Morgan fingerprint density at radius 2 is 2.12 bits per heavy atom. The summed E-state index contributed by atoms with van der Waals surface area (Å²) in [5, 5.41) is 3.50. The molecule has 0 bridgehead atoms. The predicted molar refractivity (Wildman–Crippen MR) is 108 cm³/mol. The Morgan fingerprint density at radius 1 is 1.35 bits per heavy atom. The third-order valence-electron chi connectivity index (χ3n) is 5.22. The average molecular weight is 355 g/mol. The number of nitrogens with one attached hydrogen (secondary N) is 1. The van der Waals surface area contributed by atoms with Crippen LogP contribution in [0.3, 0.4) is 0 Å². The fourth-order valence-corrected chi connectivity index (χ4v) is 3.77. The molecule has 0 radical (unpaired) electrons. The fourth-order valence-electron chi connectivity index (χ4n) is 3.77. The van der Waals surface area contributed by atoms with E-state index < -0.39 is 0 Å². The third-order valence-corrected chi connectivity index (χ3v) is 5.22. The number of nitrogens with zero attached hydrogens (tertiary/aromatic N) is 5. The molecule has 1 unspecified atom stereocenters. The SMILES string of the molecule is CN=C(NCc1cnc(N(C)C)n1C)N1CCC(c2ccccc2C)C1. The molecular weight excluding hydrogens is 324 g/mol. The Labute approximate surface area is 156 Å². The Kier molecular flexibility index (Phi) is 5.49. The number of imidazole rings is 1. The topological polar surface area (TPSA) is 48.7 Å². The van der Waals surface area contributed by atoms with Gasteiger partial charge >= 0.3 is 0 Å². The van der Waals surface area contributed by atoms with E-state index in [-0.39, 0.29) is 0 Å². The van der Waals surface area contributed by atoms with Crippen molar-refractivity contribution in [2.24, 2.45) is 12.0 Å². The molecule has 0 saturated carbocycles. The molecule has 1 saturated heterocycles. The summed E-state index contributed by atoms with van der Waals surface area (Å²) >= 11 is 0. The van der Waals surface area contributed by atoms with E-state index in [2.05, 4.69) is 55.9 Å². The monoisotopic (exact) mass is 354 g/mol. The van der Waals surface area contributed by atoms with E-state index in [0.29, 0.717) is 5.92 Å². The Hall–Kier alpha value is -2.50. The molecule has 26 heavy (non-hydrogen) atoms. The fraction of sp³-hybridized carbons (Fsp3) is 0.500. The first-order valence-electron chi connectivity index (χ1n) is 9.20. The summed E-state index contributed by atoms with van der Waals surface area (Å²) in [7, 11) is 7.92. The minimum absolute atomic E-state index is 0.576. The zero-order chi connectivity index (χ0) is 18.7. The number of aliphatic imine (C=N–C) groups is 1. The van der Waals surface area contributed by atoms with E-state index >= 15 is 0 Å². The molecule has 6 nitrogen and oxygen atoms in total. The van der Waals surface area contributed by atoms with Crippen molar-refractivity contribution in [1.29, 1.82) is 0 Å². The zero-order valence-electron chi connectivity index (χ0n) is 16.5. The van der Waals surface area contributed by atoms with E-state index in [1.165, 1.54) is 17.5 Å². The summed E-state index contributed by atoms with van der Waals surface area (Å²) in [5.74, 6) is 2.50. The highest BCUT2D eigenvalue weighted by molar-refractivity contribution is 5.80. The number of hydrogen-bond acceptors (Lipinski definition) is 3. The van der Waals surface area contributed by atoms with Gasteiger partial charge in [0.05, 0.1) is 18.4 Å². The number of anilines is 1. The maximum atomic E-state index is 4.50. The highest BCUT2D eigenvalue weighted by Crippen LogP contribution is 2.29. The van der Waals surface area contributed by atoms with Gasteiger partial charge in [0.15, 0.2) is 5.96 Å². The van der Waals surface area contributed by atoms with Crippen LogP contribution in [0.15, 0.2) is 35.5 Å². The normalized spacial score (nSPS) is 17.7. The van der Waals surface area contributed by atoms with Crippen molar-refractivity contribution < 1.29 is 0 Å². The van der Waals surface area contributed by atoms with Crippen molar-refractivity contribution in [3.05, 3.63) is 47.3 Å². The summed E-state index contributed by atoms with van der Waals surface area (Å²) < 4.78 is 2.11. The van der Waals surface area contributed by atoms with Crippen molar-refractivity contribution in [3.8, 4) is 0 Å². The van der Waals surface area contributed by atoms with Crippen molar-refractivity contribution in [2.45, 2.75) is 25.8 Å². The molecule has 1 N–H and O–H groups in total. The van der Waals surface area contributed by atoms with E-state index in [1.54, 1.807) is 0 Å². The number of aryl methyl sites for hydroxylation is 1. The lowest BCUT2D eigenvalue weighted by molar-refractivity contribution is 0.484. The first-order chi connectivity index (χ1) is 12.5. The van der Waals surface area contributed by atoms with Crippen molar-refractivity contribution in [3.63, 3.8) is 0 Å². The van der Waals surface area contributed by atoms with Crippen molar-refractivity contribution in [1.82, 2.24) is 19.8 Å². The van der Waals surface area contributed by atoms with Gasteiger partial charge < -0.3 is 19.7 Å². The van der Waals surface area contributed by atoms with Gasteiger partial charge in [0.25, 0.3) is 0 Å². The molecule has 6 heteroatoms. The number of guanidine groups is 1. The highest BCUT2D eigenvalue weighted by atomic mass is 15.3. The molecule has 1 aliphatic rings. The minimum atomic E-state index is 0.576. The summed E-state index contributed by atoms with van der Waals surface area (Å²) in [6.45, 7) is 4.97. The Balaban J connectivity index is 1.63. The largest absolute Gasteiger partial charge is 0.351 e. The second-order valence-corrected chi connectivity index (χ2v) is 7.19. The molecule has 1 aliphatic heterocycles. The van der Waals surface area contributed by atoms with Gasteiger partial charge in [-0.3, -0.25) is 4.99 Å². The average Bonchev–Trinajstić information content (AvgIpc) is 3.23. The van der Waals surface area contributed by atoms with Gasteiger partial charge in [-0.05, 0) is 24.5 Å². The second kappa shape index (κ2) is 7.81. The van der Waals surface area contributed by atoms with Crippen LogP contribution < -0.4 is 10.2 Å². The smallest absolute Gasteiger partial charge is 0.204 e. The molecule has 1 aromatic heterocycles. The molecule has 1 aromatic carbocycles. The predicted octanol–water partition coefficient (Wildman–Crippen LogP) is 2.36. The quantitative estimate of drug-likeness (QED) is 0.676. The maximum absolute atomic E-state index is 4.50. The molecule has 2 heterocycles. The molecule has 140 valence electrons. The second-order valence-electron chi connectivity index (χ2n) is 7.19. The van der Waals surface area contributed by atoms with E-state index in [1.807, 2.05) is 39.3 Å². The number of benzene rings is 1. The Morgan fingerprint density at radius 3 is 2.77 bits per heavy atom. The molecule has 1 fully saturated rings. The summed E-state index contributed by atoms with van der Waals surface area (Å²) in [6, 6.07) is 8.72. The molecule has 0 spiro atoms. The van der Waals surface area contributed by atoms with Crippen LogP contribution in [0.2, 0.25) is 0 Å². The highest BCUT2D eigenvalue weighted by Gasteiger charge is 2.26. The lowest BCUT2D eigenvalue weighted by Crippen LogP contribution is -2.39. The van der Waals surface area contributed by atoms with Crippen molar-refractivity contribution >= 4 is 11.9 Å². The van der Waals surface area contributed by atoms with Crippen LogP contribution >= 0.6 is 0 Å². The van der Waals surface area contributed by atoms with Crippen LogP contribution in [0.1, 0.15) is 29.2 Å².